The fourth-order valence-corrected chi connectivity index (χ4v) is 1.28. The van der Waals surface area contributed by atoms with E-state index in [1.165, 1.54) is 6.20 Å². The zero-order valence-corrected chi connectivity index (χ0v) is 10.3. The number of carbonyl (C=O) groups is 3. The van der Waals surface area contributed by atoms with E-state index in [9.17, 15) is 14.4 Å². The van der Waals surface area contributed by atoms with Gasteiger partial charge >= 0.3 is 5.97 Å². The summed E-state index contributed by atoms with van der Waals surface area (Å²) in [7, 11) is 0. The molecule has 0 radical (unpaired) electrons. The molecule has 19 heavy (non-hydrogen) atoms. The Morgan fingerprint density at radius 3 is 2.63 bits per heavy atom. The van der Waals surface area contributed by atoms with Crippen molar-refractivity contribution in [2.45, 2.75) is 12.8 Å². The molecular formula is C12H15N3O4. The van der Waals surface area contributed by atoms with Gasteiger partial charge in [0, 0.05) is 19.2 Å². The highest BCUT2D eigenvalue weighted by Gasteiger charge is 2.08. The number of rotatable bonds is 7. The minimum Gasteiger partial charge on any atom is -0.481 e. The van der Waals surface area contributed by atoms with Gasteiger partial charge in [-0.15, -0.1) is 0 Å². The minimum atomic E-state index is -0.905. The number of aliphatic carboxylic acids is 1. The molecule has 0 saturated heterocycles. The molecule has 1 heterocycles. The van der Waals surface area contributed by atoms with Gasteiger partial charge in [0.05, 0.1) is 6.54 Å². The van der Waals surface area contributed by atoms with Gasteiger partial charge in [0.2, 0.25) is 5.91 Å². The molecule has 0 unspecified atom stereocenters. The fourth-order valence-electron chi connectivity index (χ4n) is 1.28. The molecule has 0 fully saturated rings. The summed E-state index contributed by atoms with van der Waals surface area (Å²) in [5, 5.41) is 13.3. The van der Waals surface area contributed by atoms with E-state index in [1.807, 2.05) is 0 Å². The number of hydrogen-bond acceptors (Lipinski definition) is 4. The molecule has 2 amide bonds. The highest BCUT2D eigenvalue weighted by molar-refractivity contribution is 5.94. The van der Waals surface area contributed by atoms with Gasteiger partial charge in [-0.3, -0.25) is 19.4 Å². The predicted octanol–water partition coefficient (Wildman–Crippen LogP) is -0.208. The first-order valence-corrected chi connectivity index (χ1v) is 5.77. The average Bonchev–Trinajstić information content (AvgIpc) is 2.41. The third-order valence-electron chi connectivity index (χ3n) is 2.20. The number of carbonyl (C=O) groups excluding carboxylic acids is 2. The van der Waals surface area contributed by atoms with Gasteiger partial charge in [-0.05, 0) is 18.6 Å². The summed E-state index contributed by atoms with van der Waals surface area (Å²) < 4.78 is 0. The van der Waals surface area contributed by atoms with E-state index in [0.717, 1.165) is 0 Å². The van der Waals surface area contributed by atoms with Gasteiger partial charge in [0.1, 0.15) is 5.69 Å². The molecule has 0 aromatic carbocycles. The van der Waals surface area contributed by atoms with Crippen LogP contribution in [0.25, 0.3) is 0 Å². The summed E-state index contributed by atoms with van der Waals surface area (Å²) >= 11 is 0. The second-order valence-corrected chi connectivity index (χ2v) is 3.74. The van der Waals surface area contributed by atoms with E-state index in [4.69, 9.17) is 5.11 Å². The number of aromatic nitrogens is 1. The number of carboxylic acids is 1. The first-order valence-electron chi connectivity index (χ1n) is 5.77. The lowest BCUT2D eigenvalue weighted by Gasteiger charge is -2.05. The lowest BCUT2D eigenvalue weighted by molar-refractivity contribution is -0.137. The topological polar surface area (TPSA) is 108 Å². The fraction of sp³-hybridized carbons (Fsp3) is 0.333. The van der Waals surface area contributed by atoms with Crippen LogP contribution in [0.1, 0.15) is 23.3 Å². The molecule has 0 bridgehead atoms. The Bertz CT molecular complexity index is 448. The summed E-state index contributed by atoms with van der Waals surface area (Å²) in [6.07, 6.45) is 1.84. The molecule has 0 aliphatic carbocycles. The van der Waals surface area contributed by atoms with Crippen molar-refractivity contribution in [1.29, 1.82) is 0 Å². The molecule has 102 valence electrons. The summed E-state index contributed by atoms with van der Waals surface area (Å²) in [5.41, 5.74) is 0.237. The van der Waals surface area contributed by atoms with Crippen LogP contribution in [0.15, 0.2) is 24.4 Å². The van der Waals surface area contributed by atoms with E-state index in [0.29, 0.717) is 6.42 Å². The predicted molar refractivity (Wildman–Crippen MR) is 66.4 cm³/mol. The van der Waals surface area contributed by atoms with Crippen LogP contribution >= 0.6 is 0 Å². The molecule has 0 atom stereocenters. The largest absolute Gasteiger partial charge is 0.481 e. The molecular weight excluding hydrogens is 250 g/mol. The van der Waals surface area contributed by atoms with Gasteiger partial charge in [-0.25, -0.2) is 0 Å². The Kier molecular flexibility index (Phi) is 6.00. The summed E-state index contributed by atoms with van der Waals surface area (Å²) in [5.74, 6) is -1.70. The van der Waals surface area contributed by atoms with Crippen molar-refractivity contribution in [2.24, 2.45) is 0 Å². The maximum absolute atomic E-state index is 11.5. The van der Waals surface area contributed by atoms with Crippen LogP contribution in [0.2, 0.25) is 0 Å². The Labute approximate surface area is 110 Å². The smallest absolute Gasteiger partial charge is 0.303 e. The van der Waals surface area contributed by atoms with Crippen molar-refractivity contribution in [3.8, 4) is 0 Å². The lowest BCUT2D eigenvalue weighted by atomic mass is 10.3. The Balaban J connectivity index is 2.20. The monoisotopic (exact) mass is 265 g/mol. The molecule has 0 aliphatic rings. The van der Waals surface area contributed by atoms with E-state index in [1.54, 1.807) is 18.2 Å². The second-order valence-electron chi connectivity index (χ2n) is 3.74. The third-order valence-corrected chi connectivity index (χ3v) is 2.20. The quantitative estimate of drug-likeness (QED) is 0.591. The van der Waals surface area contributed by atoms with Crippen molar-refractivity contribution in [2.75, 3.05) is 13.1 Å². The van der Waals surface area contributed by atoms with Crippen LogP contribution in [-0.4, -0.2) is 41.0 Å². The standard InChI is InChI=1S/C12H15N3O4/c16-10(14-7-3-5-11(17)18)8-15-12(19)9-4-1-2-6-13-9/h1-2,4,6H,3,5,7-8H2,(H,14,16)(H,15,19)(H,17,18). The molecule has 0 aliphatic heterocycles. The van der Waals surface area contributed by atoms with Gasteiger partial charge in [-0.1, -0.05) is 6.07 Å². The van der Waals surface area contributed by atoms with Crippen LogP contribution < -0.4 is 10.6 Å². The average molecular weight is 265 g/mol. The number of nitrogens with one attached hydrogen (secondary N) is 2. The van der Waals surface area contributed by atoms with Crippen LogP contribution in [0.3, 0.4) is 0 Å². The maximum Gasteiger partial charge on any atom is 0.303 e. The van der Waals surface area contributed by atoms with E-state index >= 15 is 0 Å². The molecule has 0 spiro atoms. The molecule has 1 rings (SSSR count). The van der Waals surface area contributed by atoms with Crippen LogP contribution in [-0.2, 0) is 9.59 Å². The van der Waals surface area contributed by atoms with Gasteiger partial charge < -0.3 is 15.7 Å². The van der Waals surface area contributed by atoms with Crippen molar-refractivity contribution < 1.29 is 19.5 Å². The zero-order chi connectivity index (χ0) is 14.1. The SMILES string of the molecule is O=C(O)CCCNC(=O)CNC(=O)c1ccccn1. The highest BCUT2D eigenvalue weighted by Crippen LogP contribution is 1.92. The number of nitrogens with zero attached hydrogens (tertiary/aromatic N) is 1. The molecule has 7 heteroatoms. The molecule has 0 saturated carbocycles. The first-order chi connectivity index (χ1) is 9.09. The highest BCUT2D eigenvalue weighted by atomic mass is 16.4. The van der Waals surface area contributed by atoms with E-state index < -0.39 is 11.9 Å². The van der Waals surface area contributed by atoms with Crippen molar-refractivity contribution >= 4 is 17.8 Å². The van der Waals surface area contributed by atoms with Gasteiger partial charge in [-0.2, -0.15) is 0 Å². The Hall–Kier alpha value is -2.44. The zero-order valence-electron chi connectivity index (χ0n) is 10.3. The number of pyridine rings is 1. The van der Waals surface area contributed by atoms with Crippen LogP contribution in [0.4, 0.5) is 0 Å². The number of hydrogen-bond donors (Lipinski definition) is 3. The normalized spacial score (nSPS) is 9.68. The second kappa shape index (κ2) is 7.80. The van der Waals surface area contributed by atoms with Crippen LogP contribution in [0.5, 0.6) is 0 Å². The third kappa shape index (κ3) is 6.16. The molecule has 3 N–H and O–H groups in total. The maximum atomic E-state index is 11.5. The van der Waals surface area contributed by atoms with Crippen LogP contribution in [0, 0.1) is 0 Å². The summed E-state index contributed by atoms with van der Waals surface area (Å²) in [4.78, 5) is 36.9. The number of amides is 2. The molecule has 1 aromatic heterocycles. The van der Waals surface area contributed by atoms with Crippen molar-refractivity contribution in [3.05, 3.63) is 30.1 Å². The molecule has 7 nitrogen and oxygen atoms in total. The van der Waals surface area contributed by atoms with Gasteiger partial charge in [0.15, 0.2) is 0 Å². The van der Waals surface area contributed by atoms with Gasteiger partial charge in [0.25, 0.3) is 5.91 Å². The Morgan fingerprint density at radius 1 is 1.21 bits per heavy atom. The Morgan fingerprint density at radius 2 is 2.00 bits per heavy atom. The molecule has 1 aromatic rings. The summed E-state index contributed by atoms with van der Waals surface area (Å²) in [6.45, 7) is 0.104. The number of carboxylic acid groups (broad SMARTS) is 1. The van der Waals surface area contributed by atoms with Crippen molar-refractivity contribution in [1.82, 2.24) is 15.6 Å². The van der Waals surface area contributed by atoms with E-state index in [2.05, 4.69) is 15.6 Å². The van der Waals surface area contributed by atoms with Crippen molar-refractivity contribution in [3.63, 3.8) is 0 Å². The summed E-state index contributed by atoms with van der Waals surface area (Å²) in [6, 6.07) is 4.90. The minimum absolute atomic E-state index is 0.000570. The first kappa shape index (κ1) is 14.6. The van der Waals surface area contributed by atoms with E-state index in [-0.39, 0.29) is 31.1 Å². The lowest BCUT2D eigenvalue weighted by Crippen LogP contribution is -2.37.